The summed E-state index contributed by atoms with van der Waals surface area (Å²) in [6.45, 7) is 6.31. The Labute approximate surface area is 109 Å². The van der Waals surface area contributed by atoms with Crippen LogP contribution >= 0.6 is 0 Å². The first-order valence-corrected chi connectivity index (χ1v) is 7.37. The van der Waals surface area contributed by atoms with Crippen LogP contribution in [-0.4, -0.2) is 26.6 Å². The quantitative estimate of drug-likeness (QED) is 0.828. The highest BCUT2D eigenvalue weighted by Gasteiger charge is 2.20. The van der Waals surface area contributed by atoms with Gasteiger partial charge >= 0.3 is 10.2 Å². The van der Waals surface area contributed by atoms with Gasteiger partial charge in [0.25, 0.3) is 0 Å². The summed E-state index contributed by atoms with van der Waals surface area (Å²) in [4.78, 5) is 0. The van der Waals surface area contributed by atoms with E-state index in [-0.39, 0.29) is 11.7 Å². The van der Waals surface area contributed by atoms with E-state index in [0.717, 1.165) is 0 Å². The van der Waals surface area contributed by atoms with Gasteiger partial charge in [-0.25, -0.2) is 0 Å². The summed E-state index contributed by atoms with van der Waals surface area (Å²) >= 11 is 0. The molecule has 5 nitrogen and oxygen atoms in total. The van der Waals surface area contributed by atoms with Crippen LogP contribution < -0.4 is 9.03 Å². The van der Waals surface area contributed by atoms with Crippen LogP contribution in [0.1, 0.15) is 20.8 Å². The van der Waals surface area contributed by atoms with Crippen LogP contribution in [0.25, 0.3) is 0 Å². The van der Waals surface area contributed by atoms with Gasteiger partial charge in [0, 0.05) is 19.2 Å². The van der Waals surface area contributed by atoms with E-state index in [0.29, 0.717) is 18.8 Å². The third-order valence-electron chi connectivity index (χ3n) is 2.37. The SMILES string of the molecule is CCN(c1cccc(O)c1)S(=O)(=O)NCC(C)C. The van der Waals surface area contributed by atoms with Crippen LogP contribution in [0.15, 0.2) is 24.3 Å². The van der Waals surface area contributed by atoms with Gasteiger partial charge in [0.2, 0.25) is 0 Å². The molecule has 0 saturated heterocycles. The number of aromatic hydroxyl groups is 1. The summed E-state index contributed by atoms with van der Waals surface area (Å²) in [5, 5.41) is 9.40. The normalized spacial score (nSPS) is 11.8. The van der Waals surface area contributed by atoms with E-state index in [4.69, 9.17) is 0 Å². The number of hydrogen-bond donors (Lipinski definition) is 2. The number of hydrogen-bond acceptors (Lipinski definition) is 3. The molecule has 1 aromatic carbocycles. The van der Waals surface area contributed by atoms with Crippen molar-refractivity contribution in [1.82, 2.24) is 4.72 Å². The average Bonchev–Trinajstić information content (AvgIpc) is 2.27. The van der Waals surface area contributed by atoms with Crippen molar-refractivity contribution in [3.8, 4) is 5.75 Å². The molecule has 0 amide bonds. The fraction of sp³-hybridized carbons (Fsp3) is 0.500. The lowest BCUT2D eigenvalue weighted by Gasteiger charge is -2.23. The summed E-state index contributed by atoms with van der Waals surface area (Å²) in [5.41, 5.74) is 0.453. The zero-order valence-electron chi connectivity index (χ0n) is 10.9. The molecule has 0 atom stereocenters. The Kier molecular flexibility index (Phi) is 4.98. The minimum absolute atomic E-state index is 0.0463. The smallest absolute Gasteiger partial charge is 0.301 e. The zero-order valence-corrected chi connectivity index (χ0v) is 11.7. The standard InChI is InChI=1S/C12H20N2O3S/c1-4-14(11-6-5-7-12(15)8-11)18(16,17)13-9-10(2)3/h5-8,10,13,15H,4,9H2,1-3H3. The first-order valence-electron chi connectivity index (χ1n) is 5.93. The number of nitrogens with one attached hydrogen (secondary N) is 1. The highest BCUT2D eigenvalue weighted by Crippen LogP contribution is 2.21. The third-order valence-corrected chi connectivity index (χ3v) is 3.95. The van der Waals surface area contributed by atoms with Crippen LogP contribution in [0.5, 0.6) is 5.75 Å². The Bertz CT molecular complexity index is 486. The van der Waals surface area contributed by atoms with Crippen molar-refractivity contribution < 1.29 is 13.5 Å². The summed E-state index contributed by atoms with van der Waals surface area (Å²) in [6.07, 6.45) is 0. The Hall–Kier alpha value is -1.27. The van der Waals surface area contributed by atoms with E-state index in [9.17, 15) is 13.5 Å². The fourth-order valence-corrected chi connectivity index (χ4v) is 2.92. The summed E-state index contributed by atoms with van der Waals surface area (Å²) in [7, 11) is -3.57. The van der Waals surface area contributed by atoms with Gasteiger partial charge in [-0.15, -0.1) is 0 Å². The topological polar surface area (TPSA) is 69.6 Å². The van der Waals surface area contributed by atoms with Crippen molar-refractivity contribution >= 4 is 15.9 Å². The molecule has 0 saturated carbocycles. The highest BCUT2D eigenvalue weighted by molar-refractivity contribution is 7.90. The summed E-state index contributed by atoms with van der Waals surface area (Å²) in [6, 6.07) is 6.20. The van der Waals surface area contributed by atoms with Crippen molar-refractivity contribution in [3.05, 3.63) is 24.3 Å². The molecule has 0 spiro atoms. The van der Waals surface area contributed by atoms with Crippen LogP contribution in [0.4, 0.5) is 5.69 Å². The van der Waals surface area contributed by atoms with Crippen molar-refractivity contribution in [1.29, 1.82) is 0 Å². The fourth-order valence-electron chi connectivity index (χ4n) is 1.49. The molecule has 0 aliphatic rings. The Morgan fingerprint density at radius 2 is 2.06 bits per heavy atom. The highest BCUT2D eigenvalue weighted by atomic mass is 32.2. The summed E-state index contributed by atoms with van der Waals surface area (Å²) in [5.74, 6) is 0.285. The molecular formula is C12H20N2O3S. The Morgan fingerprint density at radius 3 is 2.56 bits per heavy atom. The van der Waals surface area contributed by atoms with Gasteiger partial charge in [0.15, 0.2) is 0 Å². The molecule has 1 aromatic rings. The molecule has 0 aliphatic carbocycles. The molecule has 0 bridgehead atoms. The van der Waals surface area contributed by atoms with Crippen molar-refractivity contribution in [2.24, 2.45) is 5.92 Å². The van der Waals surface area contributed by atoms with Gasteiger partial charge in [-0.05, 0) is 25.0 Å². The molecule has 1 rings (SSSR count). The number of phenolic OH excluding ortho intramolecular Hbond substituents is 1. The first-order chi connectivity index (χ1) is 8.36. The number of phenols is 1. The number of anilines is 1. The lowest BCUT2D eigenvalue weighted by Crippen LogP contribution is -2.42. The molecule has 18 heavy (non-hydrogen) atoms. The largest absolute Gasteiger partial charge is 0.508 e. The molecule has 0 aromatic heterocycles. The molecule has 6 heteroatoms. The number of rotatable bonds is 6. The molecule has 0 unspecified atom stereocenters. The monoisotopic (exact) mass is 272 g/mol. The van der Waals surface area contributed by atoms with E-state index in [2.05, 4.69) is 4.72 Å². The van der Waals surface area contributed by atoms with Crippen LogP contribution in [0, 0.1) is 5.92 Å². The molecule has 0 aliphatic heterocycles. The minimum atomic E-state index is -3.57. The minimum Gasteiger partial charge on any atom is -0.508 e. The molecular weight excluding hydrogens is 252 g/mol. The maximum atomic E-state index is 12.1. The van der Waals surface area contributed by atoms with Crippen LogP contribution in [0.2, 0.25) is 0 Å². The molecule has 0 radical (unpaired) electrons. The van der Waals surface area contributed by atoms with Gasteiger partial charge in [0.1, 0.15) is 5.75 Å². The van der Waals surface area contributed by atoms with Gasteiger partial charge in [-0.1, -0.05) is 19.9 Å². The van der Waals surface area contributed by atoms with E-state index in [1.165, 1.54) is 16.4 Å². The summed E-state index contributed by atoms with van der Waals surface area (Å²) < 4.78 is 28.0. The lowest BCUT2D eigenvalue weighted by molar-refractivity contribution is 0.475. The second kappa shape index (κ2) is 6.06. The van der Waals surface area contributed by atoms with Crippen molar-refractivity contribution in [3.63, 3.8) is 0 Å². The second-order valence-electron chi connectivity index (χ2n) is 4.43. The lowest BCUT2D eigenvalue weighted by atomic mass is 10.2. The molecule has 0 heterocycles. The van der Waals surface area contributed by atoms with Crippen molar-refractivity contribution in [2.45, 2.75) is 20.8 Å². The average molecular weight is 272 g/mol. The van der Waals surface area contributed by atoms with Crippen LogP contribution in [-0.2, 0) is 10.2 Å². The number of nitrogens with zero attached hydrogens (tertiary/aromatic N) is 1. The Balaban J connectivity index is 2.95. The van der Waals surface area contributed by atoms with E-state index >= 15 is 0 Å². The third kappa shape index (κ3) is 3.89. The van der Waals surface area contributed by atoms with Crippen LogP contribution in [0.3, 0.4) is 0 Å². The van der Waals surface area contributed by atoms with E-state index in [1.54, 1.807) is 19.1 Å². The Morgan fingerprint density at radius 1 is 1.39 bits per heavy atom. The molecule has 0 fully saturated rings. The van der Waals surface area contributed by atoms with E-state index < -0.39 is 10.2 Å². The predicted molar refractivity (Wildman–Crippen MR) is 72.9 cm³/mol. The second-order valence-corrected chi connectivity index (χ2v) is 6.11. The molecule has 102 valence electrons. The van der Waals surface area contributed by atoms with Gasteiger partial charge in [-0.2, -0.15) is 13.1 Å². The van der Waals surface area contributed by atoms with Crippen molar-refractivity contribution in [2.75, 3.05) is 17.4 Å². The zero-order chi connectivity index (χ0) is 13.8. The maximum absolute atomic E-state index is 12.1. The van der Waals surface area contributed by atoms with Gasteiger partial charge < -0.3 is 5.11 Å². The van der Waals surface area contributed by atoms with Gasteiger partial charge in [-0.3, -0.25) is 4.31 Å². The maximum Gasteiger partial charge on any atom is 0.301 e. The van der Waals surface area contributed by atoms with Gasteiger partial charge in [0.05, 0.1) is 5.69 Å². The number of benzene rings is 1. The van der Waals surface area contributed by atoms with E-state index in [1.807, 2.05) is 13.8 Å². The first kappa shape index (κ1) is 14.8. The predicted octanol–water partition coefficient (Wildman–Crippen LogP) is 1.71. The molecule has 2 N–H and O–H groups in total.